The van der Waals surface area contributed by atoms with Crippen LogP contribution >= 0.6 is 0 Å². The van der Waals surface area contributed by atoms with Gasteiger partial charge in [0.15, 0.2) is 0 Å². The molecule has 0 spiro atoms. The van der Waals surface area contributed by atoms with Crippen LogP contribution in [0, 0.1) is 5.92 Å². The zero-order valence-corrected chi connectivity index (χ0v) is 18.8. The van der Waals surface area contributed by atoms with E-state index in [1.54, 1.807) is 0 Å². The van der Waals surface area contributed by atoms with Crippen LogP contribution in [0.2, 0.25) is 0 Å². The predicted octanol–water partition coefficient (Wildman–Crippen LogP) is 6.35. The van der Waals surface area contributed by atoms with E-state index in [9.17, 15) is 0 Å². The Hall–Kier alpha value is -3.91. The lowest BCUT2D eigenvalue weighted by Crippen LogP contribution is -2.32. The fourth-order valence-corrected chi connectivity index (χ4v) is 4.94. The van der Waals surface area contributed by atoms with E-state index < -0.39 is 0 Å². The van der Waals surface area contributed by atoms with E-state index in [2.05, 4.69) is 121 Å². The first-order valence-electron chi connectivity index (χ1n) is 11.8. The van der Waals surface area contributed by atoms with Crippen molar-refractivity contribution in [2.45, 2.75) is 19.8 Å². The second kappa shape index (κ2) is 8.22. The number of nitrogens with zero attached hydrogens (tertiary/aromatic N) is 2. The van der Waals surface area contributed by atoms with Crippen LogP contribution in [0.25, 0.3) is 51.3 Å². The van der Waals surface area contributed by atoms with Gasteiger partial charge < -0.3 is 0 Å². The van der Waals surface area contributed by atoms with E-state index in [1.165, 1.54) is 32.6 Å². The molecule has 160 valence electrons. The molecule has 2 heterocycles. The minimum atomic E-state index is 0.597. The topological polar surface area (TPSA) is 17.8 Å². The summed E-state index contributed by atoms with van der Waals surface area (Å²) in [6, 6.07) is 34.2. The van der Waals surface area contributed by atoms with E-state index in [0.29, 0.717) is 5.92 Å². The van der Waals surface area contributed by atoms with Gasteiger partial charge in [0, 0.05) is 16.2 Å². The number of fused-ring (bicyclic) bond motifs is 3. The van der Waals surface area contributed by atoms with Gasteiger partial charge in [0.25, 0.3) is 0 Å². The van der Waals surface area contributed by atoms with Crippen molar-refractivity contribution in [2.24, 2.45) is 5.92 Å². The summed E-state index contributed by atoms with van der Waals surface area (Å²) in [7, 11) is 0. The Bertz CT molecular complexity index is 1500. The highest BCUT2D eigenvalue weighted by molar-refractivity contribution is 5.85. The molecule has 0 saturated heterocycles. The highest BCUT2D eigenvalue weighted by Crippen LogP contribution is 2.28. The Morgan fingerprint density at radius 3 is 2.24 bits per heavy atom. The zero-order valence-electron chi connectivity index (χ0n) is 18.8. The number of hydrogen-bond acceptors (Lipinski definition) is 1. The van der Waals surface area contributed by atoms with Crippen molar-refractivity contribution >= 4 is 23.1 Å². The molecule has 0 radical (unpaired) electrons. The van der Waals surface area contributed by atoms with Crippen molar-refractivity contribution < 1.29 is 0 Å². The number of hydrogen-bond donors (Lipinski definition) is 0. The van der Waals surface area contributed by atoms with E-state index in [0.717, 1.165) is 29.9 Å². The Balaban J connectivity index is 1.67. The largest absolute Gasteiger partial charge is 0.294 e. The molecule has 1 aliphatic rings. The summed E-state index contributed by atoms with van der Waals surface area (Å²) in [6.07, 6.45) is 7.11. The van der Waals surface area contributed by atoms with Crippen LogP contribution in [0.15, 0.2) is 97.1 Å². The van der Waals surface area contributed by atoms with Crippen LogP contribution < -0.4 is 10.6 Å². The second-order valence-corrected chi connectivity index (χ2v) is 8.76. The van der Waals surface area contributed by atoms with E-state index in [4.69, 9.17) is 4.98 Å². The van der Waals surface area contributed by atoms with Crippen molar-refractivity contribution in [1.29, 1.82) is 0 Å². The third-order valence-electron chi connectivity index (χ3n) is 6.71. The summed E-state index contributed by atoms with van der Waals surface area (Å²) >= 11 is 0. The van der Waals surface area contributed by atoms with Gasteiger partial charge in [-0.05, 0) is 48.1 Å². The summed E-state index contributed by atoms with van der Waals surface area (Å²) < 4.78 is 2.35. The van der Waals surface area contributed by atoms with Crippen LogP contribution in [-0.4, -0.2) is 9.55 Å². The molecule has 1 aliphatic carbocycles. The Morgan fingerprint density at radius 2 is 1.48 bits per heavy atom. The van der Waals surface area contributed by atoms with Gasteiger partial charge in [-0.25, -0.2) is 4.98 Å². The van der Waals surface area contributed by atoms with Gasteiger partial charge in [-0.3, -0.25) is 4.57 Å². The van der Waals surface area contributed by atoms with Crippen molar-refractivity contribution in [2.75, 3.05) is 0 Å². The van der Waals surface area contributed by atoms with E-state index in [1.807, 2.05) is 0 Å². The van der Waals surface area contributed by atoms with Crippen LogP contribution in [0.1, 0.15) is 19.8 Å². The quantitative estimate of drug-likeness (QED) is 0.327. The molecule has 6 rings (SSSR count). The van der Waals surface area contributed by atoms with Crippen molar-refractivity contribution in [3.05, 3.63) is 108 Å². The number of rotatable bonds is 4. The maximum Gasteiger partial charge on any atom is 0.138 e. The summed E-state index contributed by atoms with van der Waals surface area (Å²) in [5.41, 5.74) is 5.71. The first-order chi connectivity index (χ1) is 16.3. The van der Waals surface area contributed by atoms with Crippen LogP contribution in [-0.2, 0) is 0 Å². The maximum absolute atomic E-state index is 5.20. The standard InChI is InChI=1S/C31H26N2/c1-2-22-17-18-30-27(19-22)26-15-9-10-16-29(26)33(30)31-21-25(23-11-5-3-6-12-23)20-28(32-31)24-13-7-4-8-14-24/h3-16,18-22H,2,17H2,1H3. The average molecular weight is 427 g/mol. The minimum absolute atomic E-state index is 0.597. The lowest BCUT2D eigenvalue weighted by molar-refractivity contribution is 0.680. The Morgan fingerprint density at radius 1 is 0.788 bits per heavy atom. The molecule has 2 heteroatoms. The van der Waals surface area contributed by atoms with Gasteiger partial charge in [0.05, 0.1) is 16.6 Å². The maximum atomic E-state index is 5.20. The minimum Gasteiger partial charge on any atom is -0.294 e. The highest BCUT2D eigenvalue weighted by Gasteiger charge is 2.16. The molecule has 5 aromatic rings. The molecular weight excluding hydrogens is 400 g/mol. The monoisotopic (exact) mass is 426 g/mol. The summed E-state index contributed by atoms with van der Waals surface area (Å²) in [6.45, 7) is 2.27. The molecule has 3 aromatic carbocycles. The lowest BCUT2D eigenvalue weighted by atomic mass is 9.97. The van der Waals surface area contributed by atoms with Gasteiger partial charge in [-0.15, -0.1) is 0 Å². The Kier molecular flexibility index (Phi) is 4.92. The normalized spacial score (nSPS) is 15.0. The highest BCUT2D eigenvalue weighted by atomic mass is 15.1. The van der Waals surface area contributed by atoms with Crippen LogP contribution in [0.3, 0.4) is 0 Å². The number of pyridine rings is 1. The molecule has 1 unspecified atom stereocenters. The summed E-state index contributed by atoms with van der Waals surface area (Å²) in [5, 5.41) is 3.91. The van der Waals surface area contributed by atoms with Gasteiger partial charge in [0.1, 0.15) is 5.82 Å². The fraction of sp³-hybridized carbons (Fsp3) is 0.129. The number of aromatic nitrogens is 2. The predicted molar refractivity (Wildman–Crippen MR) is 139 cm³/mol. The molecule has 1 atom stereocenters. The van der Waals surface area contributed by atoms with Gasteiger partial charge in [-0.1, -0.05) is 97.9 Å². The van der Waals surface area contributed by atoms with Gasteiger partial charge >= 0.3 is 0 Å². The molecule has 0 fully saturated rings. The third kappa shape index (κ3) is 3.48. The summed E-state index contributed by atoms with van der Waals surface area (Å²) in [5.74, 6) is 1.56. The lowest BCUT2D eigenvalue weighted by Gasteiger charge is -2.14. The molecule has 2 aromatic heterocycles. The molecule has 33 heavy (non-hydrogen) atoms. The first-order valence-corrected chi connectivity index (χ1v) is 11.8. The van der Waals surface area contributed by atoms with E-state index in [-0.39, 0.29) is 0 Å². The molecule has 0 aliphatic heterocycles. The SMILES string of the molecule is CCC1C=c2c(n(-c3cc(-c4ccccc4)cc(-c4ccccc4)n3)c3ccccc23)=CC1. The Labute approximate surface area is 194 Å². The van der Waals surface area contributed by atoms with Crippen LogP contribution in [0.4, 0.5) is 0 Å². The molecule has 0 bridgehead atoms. The first kappa shape index (κ1) is 19.8. The second-order valence-electron chi connectivity index (χ2n) is 8.76. The van der Waals surface area contributed by atoms with Crippen LogP contribution in [0.5, 0.6) is 0 Å². The van der Waals surface area contributed by atoms with Crippen molar-refractivity contribution in [3.63, 3.8) is 0 Å². The number of para-hydroxylation sites is 1. The smallest absolute Gasteiger partial charge is 0.138 e. The number of benzene rings is 3. The molecule has 0 N–H and O–H groups in total. The zero-order chi connectivity index (χ0) is 22.2. The molecule has 0 saturated carbocycles. The molecule has 0 amide bonds. The van der Waals surface area contributed by atoms with Crippen molar-refractivity contribution in [1.82, 2.24) is 9.55 Å². The average Bonchev–Trinajstić information content (AvgIpc) is 3.23. The molecule has 2 nitrogen and oxygen atoms in total. The fourth-order valence-electron chi connectivity index (χ4n) is 4.94. The van der Waals surface area contributed by atoms with E-state index >= 15 is 0 Å². The van der Waals surface area contributed by atoms with Crippen molar-refractivity contribution in [3.8, 4) is 28.2 Å². The summed E-state index contributed by atoms with van der Waals surface area (Å²) in [4.78, 5) is 5.20. The van der Waals surface area contributed by atoms with Gasteiger partial charge in [0.2, 0.25) is 0 Å². The molecular formula is C31H26N2. The third-order valence-corrected chi connectivity index (χ3v) is 6.71. The van der Waals surface area contributed by atoms with Gasteiger partial charge in [-0.2, -0.15) is 0 Å².